The van der Waals surface area contributed by atoms with Gasteiger partial charge in [-0.05, 0) is 12.8 Å². The van der Waals surface area contributed by atoms with E-state index in [1.54, 1.807) is 0 Å². The summed E-state index contributed by atoms with van der Waals surface area (Å²) in [4.78, 5) is 2.31. The van der Waals surface area contributed by atoms with Crippen molar-refractivity contribution in [1.82, 2.24) is 10.2 Å². The highest BCUT2D eigenvalue weighted by Crippen LogP contribution is 2.13. The lowest BCUT2D eigenvalue weighted by Crippen LogP contribution is -2.38. The third-order valence-electron chi connectivity index (χ3n) is 2.94. The molecule has 0 amide bonds. The molecular weight excluding hydrogens is 180 g/mol. The second-order valence-corrected chi connectivity index (χ2v) is 4.25. The largest absolute Gasteiger partial charge is 0.390 e. The molecule has 2 saturated heterocycles. The predicted molar refractivity (Wildman–Crippen MR) is 54.3 cm³/mol. The van der Waals surface area contributed by atoms with Crippen LogP contribution in [0, 0.1) is 0 Å². The Hall–Kier alpha value is -0.160. The van der Waals surface area contributed by atoms with Crippen LogP contribution in [0.15, 0.2) is 0 Å². The van der Waals surface area contributed by atoms with Crippen LogP contribution in [-0.4, -0.2) is 61.5 Å². The first kappa shape index (κ1) is 10.4. The summed E-state index contributed by atoms with van der Waals surface area (Å²) in [6.45, 7) is 5.41. The molecule has 2 N–H and O–H groups in total. The van der Waals surface area contributed by atoms with Crippen LogP contribution in [0.5, 0.6) is 0 Å². The maximum atomic E-state index is 9.59. The van der Waals surface area contributed by atoms with E-state index in [9.17, 15) is 5.11 Å². The molecule has 2 aliphatic rings. The fourth-order valence-electron chi connectivity index (χ4n) is 2.20. The van der Waals surface area contributed by atoms with Gasteiger partial charge in [-0.3, -0.25) is 4.90 Å². The zero-order valence-electron chi connectivity index (χ0n) is 8.61. The van der Waals surface area contributed by atoms with Gasteiger partial charge in [0.2, 0.25) is 0 Å². The van der Waals surface area contributed by atoms with E-state index in [2.05, 4.69) is 10.2 Å². The molecule has 2 unspecified atom stereocenters. The molecule has 0 aromatic rings. The highest BCUT2D eigenvalue weighted by Gasteiger charge is 2.21. The van der Waals surface area contributed by atoms with Crippen molar-refractivity contribution in [3.63, 3.8) is 0 Å². The topological polar surface area (TPSA) is 44.7 Å². The van der Waals surface area contributed by atoms with Crippen molar-refractivity contribution in [3.8, 4) is 0 Å². The van der Waals surface area contributed by atoms with Crippen molar-refractivity contribution in [3.05, 3.63) is 0 Å². The van der Waals surface area contributed by atoms with Crippen molar-refractivity contribution >= 4 is 0 Å². The molecule has 2 heterocycles. The Morgan fingerprint density at radius 1 is 1.50 bits per heavy atom. The predicted octanol–water partition coefficient (Wildman–Crippen LogP) is -0.568. The lowest BCUT2D eigenvalue weighted by atomic mass is 10.2. The van der Waals surface area contributed by atoms with E-state index in [0.29, 0.717) is 6.10 Å². The van der Waals surface area contributed by atoms with Crippen molar-refractivity contribution in [2.24, 2.45) is 0 Å². The van der Waals surface area contributed by atoms with Gasteiger partial charge < -0.3 is 15.2 Å². The molecule has 2 aliphatic heterocycles. The minimum absolute atomic E-state index is 0.223. The lowest BCUT2D eigenvalue weighted by Gasteiger charge is -2.24. The number of hydrogen-bond acceptors (Lipinski definition) is 4. The number of ether oxygens (including phenoxy) is 1. The first-order chi connectivity index (χ1) is 6.84. The van der Waals surface area contributed by atoms with Crippen LogP contribution < -0.4 is 5.32 Å². The zero-order valence-corrected chi connectivity index (χ0v) is 8.61. The van der Waals surface area contributed by atoms with Gasteiger partial charge in [0.25, 0.3) is 0 Å². The summed E-state index contributed by atoms with van der Waals surface area (Å²) in [6, 6.07) is 0. The van der Waals surface area contributed by atoms with Gasteiger partial charge in [0.05, 0.1) is 12.2 Å². The van der Waals surface area contributed by atoms with E-state index >= 15 is 0 Å². The van der Waals surface area contributed by atoms with Crippen LogP contribution in [0.3, 0.4) is 0 Å². The van der Waals surface area contributed by atoms with Crippen LogP contribution in [-0.2, 0) is 4.74 Å². The van der Waals surface area contributed by atoms with E-state index in [-0.39, 0.29) is 6.10 Å². The van der Waals surface area contributed by atoms with E-state index < -0.39 is 0 Å². The highest BCUT2D eigenvalue weighted by molar-refractivity contribution is 4.76. The molecule has 0 saturated carbocycles. The maximum absolute atomic E-state index is 9.59. The first-order valence-electron chi connectivity index (χ1n) is 5.57. The highest BCUT2D eigenvalue weighted by atomic mass is 16.5. The van der Waals surface area contributed by atoms with Crippen LogP contribution in [0.4, 0.5) is 0 Å². The Labute approximate surface area is 85.2 Å². The van der Waals surface area contributed by atoms with Gasteiger partial charge in [-0.2, -0.15) is 0 Å². The summed E-state index contributed by atoms with van der Waals surface area (Å²) in [7, 11) is 0. The van der Waals surface area contributed by atoms with E-state index in [4.69, 9.17) is 4.74 Å². The maximum Gasteiger partial charge on any atom is 0.0791 e. The molecule has 0 spiro atoms. The summed E-state index contributed by atoms with van der Waals surface area (Å²) in [5.74, 6) is 0. The number of nitrogens with one attached hydrogen (secondary N) is 1. The molecule has 14 heavy (non-hydrogen) atoms. The van der Waals surface area contributed by atoms with E-state index in [0.717, 1.165) is 39.3 Å². The summed E-state index contributed by atoms with van der Waals surface area (Å²) >= 11 is 0. The van der Waals surface area contributed by atoms with Crippen LogP contribution >= 0.6 is 0 Å². The Morgan fingerprint density at radius 3 is 3.21 bits per heavy atom. The Balaban J connectivity index is 1.77. The quantitative estimate of drug-likeness (QED) is 0.627. The van der Waals surface area contributed by atoms with Crippen molar-refractivity contribution in [2.45, 2.75) is 25.0 Å². The molecule has 0 radical (unpaired) electrons. The number of aliphatic hydroxyl groups excluding tert-OH is 1. The summed E-state index contributed by atoms with van der Waals surface area (Å²) in [5, 5.41) is 12.8. The van der Waals surface area contributed by atoms with Gasteiger partial charge in [-0.25, -0.2) is 0 Å². The molecule has 0 bridgehead atoms. The second kappa shape index (κ2) is 5.07. The first-order valence-corrected chi connectivity index (χ1v) is 5.57. The van der Waals surface area contributed by atoms with Crippen molar-refractivity contribution in [2.75, 3.05) is 39.3 Å². The van der Waals surface area contributed by atoms with Crippen molar-refractivity contribution in [1.29, 1.82) is 0 Å². The Kier molecular flexibility index (Phi) is 3.75. The molecule has 2 rings (SSSR count). The number of hydrogen-bond donors (Lipinski definition) is 2. The third-order valence-corrected chi connectivity index (χ3v) is 2.94. The minimum Gasteiger partial charge on any atom is -0.390 e. The molecular formula is C10H20N2O2. The van der Waals surface area contributed by atoms with Gasteiger partial charge in [0.1, 0.15) is 0 Å². The molecule has 4 heteroatoms. The number of rotatable bonds is 2. The smallest absolute Gasteiger partial charge is 0.0791 e. The van der Waals surface area contributed by atoms with Crippen molar-refractivity contribution < 1.29 is 9.84 Å². The molecule has 4 nitrogen and oxygen atoms in total. The summed E-state index contributed by atoms with van der Waals surface area (Å²) in [6.07, 6.45) is 2.55. The summed E-state index contributed by atoms with van der Waals surface area (Å²) < 4.78 is 5.59. The monoisotopic (exact) mass is 200 g/mol. The van der Waals surface area contributed by atoms with Gasteiger partial charge >= 0.3 is 0 Å². The van der Waals surface area contributed by atoms with Crippen LogP contribution in [0.25, 0.3) is 0 Å². The van der Waals surface area contributed by atoms with E-state index in [1.165, 1.54) is 12.8 Å². The number of nitrogens with zero attached hydrogens (tertiary/aromatic N) is 1. The fourth-order valence-corrected chi connectivity index (χ4v) is 2.20. The van der Waals surface area contributed by atoms with Crippen LogP contribution in [0.1, 0.15) is 12.8 Å². The molecule has 2 atom stereocenters. The molecule has 0 aromatic carbocycles. The standard InChI is InChI=1S/C10H20N2O2/c13-9-6-11-3-4-12(7-9)8-10-2-1-5-14-10/h9-11,13H,1-8H2. The molecule has 82 valence electrons. The third kappa shape index (κ3) is 2.92. The van der Waals surface area contributed by atoms with Crippen LogP contribution in [0.2, 0.25) is 0 Å². The Bertz CT molecular complexity index is 172. The molecule has 0 aromatic heterocycles. The Morgan fingerprint density at radius 2 is 2.43 bits per heavy atom. The normalized spacial score (nSPS) is 35.8. The second-order valence-electron chi connectivity index (χ2n) is 4.25. The number of aliphatic hydroxyl groups is 1. The SMILES string of the molecule is OC1CNCCN(CC2CCCO2)C1. The lowest BCUT2D eigenvalue weighted by molar-refractivity contribution is 0.0582. The zero-order chi connectivity index (χ0) is 9.80. The minimum atomic E-state index is -0.223. The average Bonchev–Trinajstić information content (AvgIpc) is 2.56. The van der Waals surface area contributed by atoms with Gasteiger partial charge in [0.15, 0.2) is 0 Å². The average molecular weight is 200 g/mol. The van der Waals surface area contributed by atoms with E-state index in [1.807, 2.05) is 0 Å². The number of β-amino-alcohol motifs (C(OH)–C–C–N with tert-alkyl or cyclic N) is 1. The summed E-state index contributed by atoms with van der Waals surface area (Å²) in [5.41, 5.74) is 0. The fraction of sp³-hybridized carbons (Fsp3) is 1.00. The molecule has 0 aliphatic carbocycles. The van der Waals surface area contributed by atoms with Gasteiger partial charge in [-0.15, -0.1) is 0 Å². The van der Waals surface area contributed by atoms with Gasteiger partial charge in [0, 0.05) is 39.3 Å². The molecule has 2 fully saturated rings. The van der Waals surface area contributed by atoms with Gasteiger partial charge in [-0.1, -0.05) is 0 Å².